The fourth-order valence-corrected chi connectivity index (χ4v) is 8.03. The van der Waals surface area contributed by atoms with Gasteiger partial charge >= 0.3 is 0 Å². The Labute approximate surface area is 215 Å². The second-order valence-corrected chi connectivity index (χ2v) is 11.7. The lowest BCUT2D eigenvalue weighted by atomic mass is 9.84. The summed E-state index contributed by atoms with van der Waals surface area (Å²) in [4.78, 5) is 5.73. The van der Waals surface area contributed by atoms with E-state index >= 15 is 0 Å². The molecule has 0 radical (unpaired) electrons. The van der Waals surface area contributed by atoms with Crippen molar-refractivity contribution >= 4 is 0 Å². The molecule has 0 amide bonds. The van der Waals surface area contributed by atoms with Gasteiger partial charge in [-0.25, -0.2) is 0 Å². The van der Waals surface area contributed by atoms with E-state index < -0.39 is 0 Å². The molecule has 0 spiro atoms. The molecule has 6 heteroatoms. The van der Waals surface area contributed by atoms with E-state index in [1.54, 1.807) is 0 Å². The molecule has 0 aromatic rings. The average Bonchev–Trinajstić information content (AvgIpc) is 2.94. The lowest BCUT2D eigenvalue weighted by Gasteiger charge is -2.53. The monoisotopic (exact) mass is 494 g/mol. The van der Waals surface area contributed by atoms with Crippen molar-refractivity contribution in [2.24, 2.45) is 0 Å². The minimum atomic E-state index is 0.319. The number of nitrogens with zero attached hydrogens (tertiary/aromatic N) is 2. The summed E-state index contributed by atoms with van der Waals surface area (Å²) in [5.41, 5.74) is 0. The van der Waals surface area contributed by atoms with Crippen LogP contribution in [-0.4, -0.2) is 93.5 Å². The van der Waals surface area contributed by atoms with Crippen molar-refractivity contribution in [1.82, 2.24) is 9.80 Å². The van der Waals surface area contributed by atoms with Crippen LogP contribution in [0.1, 0.15) is 103 Å². The van der Waals surface area contributed by atoms with E-state index in [2.05, 4.69) is 9.80 Å². The number of methoxy groups -OCH3 is 4. The number of rotatable bonds is 10. The first-order valence-electron chi connectivity index (χ1n) is 14.8. The fourth-order valence-electron chi connectivity index (χ4n) is 8.03. The maximum Gasteiger partial charge on any atom is 0.0727 e. The lowest BCUT2D eigenvalue weighted by molar-refractivity contribution is -0.134. The van der Waals surface area contributed by atoms with Gasteiger partial charge in [0.2, 0.25) is 0 Å². The second-order valence-electron chi connectivity index (χ2n) is 11.7. The highest BCUT2D eigenvalue weighted by Crippen LogP contribution is 2.37. The predicted molar refractivity (Wildman–Crippen MR) is 141 cm³/mol. The van der Waals surface area contributed by atoms with Crippen LogP contribution in [0.15, 0.2) is 0 Å². The van der Waals surface area contributed by atoms with Crippen LogP contribution in [0.5, 0.6) is 0 Å². The highest BCUT2D eigenvalue weighted by Gasteiger charge is 2.44. The molecule has 8 atom stereocenters. The molecule has 4 rings (SSSR count). The summed E-state index contributed by atoms with van der Waals surface area (Å²) >= 11 is 0. The van der Waals surface area contributed by atoms with E-state index in [1.807, 2.05) is 28.4 Å². The summed E-state index contributed by atoms with van der Waals surface area (Å²) < 4.78 is 24.6. The first-order valence-corrected chi connectivity index (χ1v) is 14.8. The molecular weight excluding hydrogens is 440 g/mol. The van der Waals surface area contributed by atoms with E-state index in [4.69, 9.17) is 18.9 Å². The van der Waals surface area contributed by atoms with Gasteiger partial charge in [-0.1, -0.05) is 51.4 Å². The molecule has 4 aliphatic carbocycles. The quantitative estimate of drug-likeness (QED) is 0.380. The lowest BCUT2D eigenvalue weighted by Crippen LogP contribution is -2.64. The Balaban J connectivity index is 1.68. The van der Waals surface area contributed by atoms with Crippen molar-refractivity contribution in [2.45, 2.75) is 151 Å². The van der Waals surface area contributed by atoms with E-state index in [0.29, 0.717) is 48.6 Å². The van der Waals surface area contributed by atoms with Crippen LogP contribution in [0.3, 0.4) is 0 Å². The first-order chi connectivity index (χ1) is 17.2. The Hall–Kier alpha value is -0.240. The molecule has 0 bridgehead atoms. The molecule has 0 N–H and O–H groups in total. The second kappa shape index (κ2) is 14.1. The summed E-state index contributed by atoms with van der Waals surface area (Å²) in [6.07, 6.45) is 21.3. The predicted octanol–water partition coefficient (Wildman–Crippen LogP) is 5.38. The molecule has 0 aromatic heterocycles. The number of hydrogen-bond acceptors (Lipinski definition) is 6. The van der Waals surface area contributed by atoms with Crippen LogP contribution in [0.2, 0.25) is 0 Å². The van der Waals surface area contributed by atoms with E-state index in [1.165, 1.54) is 103 Å². The van der Waals surface area contributed by atoms with Gasteiger partial charge < -0.3 is 18.9 Å². The Morgan fingerprint density at radius 3 is 0.857 bits per heavy atom. The van der Waals surface area contributed by atoms with Gasteiger partial charge in [-0.15, -0.1) is 0 Å². The first kappa shape index (κ1) is 27.8. The van der Waals surface area contributed by atoms with E-state index in [9.17, 15) is 0 Å². The van der Waals surface area contributed by atoms with Crippen molar-refractivity contribution in [3.8, 4) is 0 Å². The zero-order valence-electron chi connectivity index (χ0n) is 23.2. The minimum Gasteiger partial charge on any atom is -0.380 e. The summed E-state index contributed by atoms with van der Waals surface area (Å²) in [6.45, 7) is 0.990. The van der Waals surface area contributed by atoms with Gasteiger partial charge in [-0.3, -0.25) is 9.80 Å². The maximum atomic E-state index is 6.15. The highest BCUT2D eigenvalue weighted by molar-refractivity contribution is 4.97. The van der Waals surface area contributed by atoms with Gasteiger partial charge in [0.15, 0.2) is 0 Å². The Morgan fingerprint density at radius 2 is 0.629 bits per heavy atom. The molecule has 0 aromatic carbocycles. The number of hydrogen-bond donors (Lipinski definition) is 0. The van der Waals surface area contributed by atoms with Gasteiger partial charge in [0.1, 0.15) is 0 Å². The van der Waals surface area contributed by atoms with Gasteiger partial charge in [-0.05, 0) is 51.4 Å². The molecule has 0 saturated heterocycles. The maximum absolute atomic E-state index is 6.15. The van der Waals surface area contributed by atoms with Crippen LogP contribution < -0.4 is 0 Å². The highest BCUT2D eigenvalue weighted by atomic mass is 16.5. The standard InChI is InChI=1S/C29H54N2O4/c1-32-26-17-9-5-13-22(26)30(23-14-6-10-18-27(23)33-2)21-31(24-15-7-11-19-28(24)34-3)25-16-8-12-20-29(25)35-4/h22-29H,5-21H2,1-4H3. The van der Waals surface area contributed by atoms with Gasteiger partial charge in [0.25, 0.3) is 0 Å². The molecule has 6 nitrogen and oxygen atoms in total. The van der Waals surface area contributed by atoms with Crippen molar-refractivity contribution in [2.75, 3.05) is 35.1 Å². The zero-order valence-corrected chi connectivity index (χ0v) is 23.2. The summed E-state index contributed by atoms with van der Waals surface area (Å²) in [5, 5.41) is 0. The SMILES string of the molecule is COC1CCCCC1N(CN(C1CCCCC1OC)C1CCCCC1OC)C1CCCCC1OC. The third kappa shape index (κ3) is 6.61. The smallest absolute Gasteiger partial charge is 0.0727 e. The summed E-state index contributed by atoms with van der Waals surface area (Å²) in [6, 6.07) is 1.86. The van der Waals surface area contributed by atoms with Gasteiger partial charge in [0, 0.05) is 52.6 Å². The Kier molecular flexibility index (Phi) is 11.2. The molecule has 4 aliphatic rings. The summed E-state index contributed by atoms with van der Waals surface area (Å²) in [7, 11) is 7.71. The Bertz CT molecular complexity index is 509. The van der Waals surface area contributed by atoms with E-state index in [-0.39, 0.29) is 0 Å². The normalized spacial score (nSPS) is 39.3. The molecule has 8 unspecified atom stereocenters. The van der Waals surface area contributed by atoms with Crippen molar-refractivity contribution in [3.63, 3.8) is 0 Å². The van der Waals surface area contributed by atoms with Gasteiger partial charge in [-0.2, -0.15) is 0 Å². The minimum absolute atomic E-state index is 0.319. The molecular formula is C29H54N2O4. The third-order valence-electron chi connectivity index (χ3n) is 9.91. The molecule has 0 aliphatic heterocycles. The largest absolute Gasteiger partial charge is 0.380 e. The summed E-state index contributed by atoms with van der Waals surface area (Å²) in [5.74, 6) is 0. The van der Waals surface area contributed by atoms with Crippen LogP contribution in [0, 0.1) is 0 Å². The topological polar surface area (TPSA) is 43.4 Å². The fraction of sp³-hybridized carbons (Fsp3) is 1.00. The van der Waals surface area contributed by atoms with Crippen LogP contribution in [0.25, 0.3) is 0 Å². The van der Waals surface area contributed by atoms with Gasteiger partial charge in [0.05, 0.1) is 31.1 Å². The molecule has 4 saturated carbocycles. The molecule has 4 fully saturated rings. The number of ether oxygens (including phenoxy) is 4. The Morgan fingerprint density at radius 1 is 0.400 bits per heavy atom. The molecule has 35 heavy (non-hydrogen) atoms. The van der Waals surface area contributed by atoms with Crippen molar-refractivity contribution in [3.05, 3.63) is 0 Å². The average molecular weight is 495 g/mol. The van der Waals surface area contributed by atoms with E-state index in [0.717, 1.165) is 6.67 Å². The zero-order chi connectivity index (χ0) is 24.6. The molecule has 204 valence electrons. The van der Waals surface area contributed by atoms with Crippen molar-refractivity contribution < 1.29 is 18.9 Å². The van der Waals surface area contributed by atoms with Crippen LogP contribution in [-0.2, 0) is 18.9 Å². The third-order valence-corrected chi connectivity index (χ3v) is 9.91. The van der Waals surface area contributed by atoms with Crippen LogP contribution >= 0.6 is 0 Å². The van der Waals surface area contributed by atoms with Crippen molar-refractivity contribution in [1.29, 1.82) is 0 Å². The molecule has 0 heterocycles. The van der Waals surface area contributed by atoms with Crippen LogP contribution in [0.4, 0.5) is 0 Å².